The van der Waals surface area contributed by atoms with Gasteiger partial charge in [0.05, 0.1) is 13.1 Å². The first-order chi connectivity index (χ1) is 9.33. The van der Waals surface area contributed by atoms with Crippen LogP contribution in [0.3, 0.4) is 0 Å². The van der Waals surface area contributed by atoms with Crippen molar-refractivity contribution < 1.29 is 9.59 Å². The molecule has 2 aliphatic rings. The Kier molecular flexibility index (Phi) is 5.82. The second-order valence-corrected chi connectivity index (χ2v) is 5.34. The third-order valence-corrected chi connectivity index (χ3v) is 4.21. The summed E-state index contributed by atoms with van der Waals surface area (Å²) in [4.78, 5) is 29.4. The van der Waals surface area contributed by atoms with E-state index < -0.39 is 0 Å². The van der Waals surface area contributed by atoms with Crippen molar-refractivity contribution in [3.8, 4) is 0 Å². The van der Waals surface area contributed by atoms with E-state index in [1.165, 1.54) is 9.80 Å². The molecule has 0 aromatic rings. The lowest BCUT2D eigenvalue weighted by Gasteiger charge is -2.14. The lowest BCUT2D eigenvalue weighted by atomic mass is 10.5. The molecule has 0 atom stereocenters. The van der Waals surface area contributed by atoms with Crippen molar-refractivity contribution in [1.82, 2.24) is 19.6 Å². The fraction of sp³-hybridized carbons (Fsp3) is 0.667. The van der Waals surface area contributed by atoms with Gasteiger partial charge in [-0.2, -0.15) is 0 Å². The Labute approximate surface area is 130 Å². The minimum absolute atomic E-state index is 0.0208. The van der Waals surface area contributed by atoms with Crippen LogP contribution in [-0.4, -0.2) is 81.9 Å². The fourth-order valence-corrected chi connectivity index (χ4v) is 2.34. The summed E-state index contributed by atoms with van der Waals surface area (Å²) in [6, 6.07) is 0.0208. The molecule has 0 aromatic carbocycles. The van der Waals surface area contributed by atoms with Gasteiger partial charge in [0.2, 0.25) is 5.91 Å². The van der Waals surface area contributed by atoms with Crippen LogP contribution in [0.25, 0.3) is 0 Å². The van der Waals surface area contributed by atoms with Crippen molar-refractivity contribution >= 4 is 46.5 Å². The molecule has 0 spiro atoms. The third-order valence-electron chi connectivity index (χ3n) is 3.28. The lowest BCUT2D eigenvalue weighted by Crippen LogP contribution is -2.29. The van der Waals surface area contributed by atoms with Gasteiger partial charge < -0.3 is 9.80 Å². The summed E-state index contributed by atoms with van der Waals surface area (Å²) in [5, 5.41) is 0.646. The molecule has 2 aliphatic heterocycles. The van der Waals surface area contributed by atoms with E-state index in [2.05, 4.69) is 0 Å². The molecule has 0 unspecified atom stereocenters. The largest absolute Gasteiger partial charge is 0.340 e. The van der Waals surface area contributed by atoms with E-state index in [9.17, 15) is 9.59 Å². The molecule has 0 aromatic heterocycles. The monoisotopic (exact) mass is 316 g/mol. The summed E-state index contributed by atoms with van der Waals surface area (Å²) in [7, 11) is 3.42. The summed E-state index contributed by atoms with van der Waals surface area (Å²) in [5.74, 6) is 0.0897. The molecule has 0 aliphatic carbocycles. The summed E-state index contributed by atoms with van der Waals surface area (Å²) in [6.45, 7) is 6.55. The number of hydrogen-bond donors (Lipinski definition) is 0. The van der Waals surface area contributed by atoms with Crippen molar-refractivity contribution in [2.45, 2.75) is 13.8 Å². The van der Waals surface area contributed by atoms with Crippen LogP contribution in [-0.2, 0) is 4.79 Å². The van der Waals surface area contributed by atoms with Crippen LogP contribution in [0.15, 0.2) is 0 Å². The number of carbonyl (C=O) groups is 2. The summed E-state index contributed by atoms with van der Waals surface area (Å²) in [5.41, 5.74) is 0. The van der Waals surface area contributed by atoms with E-state index in [-0.39, 0.29) is 11.9 Å². The fourth-order valence-electron chi connectivity index (χ4n) is 1.81. The molecule has 6 nitrogen and oxygen atoms in total. The molecule has 20 heavy (non-hydrogen) atoms. The molecule has 3 amide bonds. The van der Waals surface area contributed by atoms with Crippen LogP contribution in [0.5, 0.6) is 0 Å². The van der Waals surface area contributed by atoms with Crippen molar-refractivity contribution in [3.05, 3.63) is 0 Å². The highest BCUT2D eigenvalue weighted by atomic mass is 32.1. The Bertz CT molecular complexity index is 401. The van der Waals surface area contributed by atoms with Gasteiger partial charge in [0.1, 0.15) is 4.99 Å². The van der Waals surface area contributed by atoms with Crippen LogP contribution in [0.1, 0.15) is 13.8 Å². The number of carbonyl (C=O) groups excluding carboxylic acids is 2. The molecule has 0 saturated carbocycles. The number of hydrogen-bond acceptors (Lipinski definition) is 4. The minimum Gasteiger partial charge on any atom is -0.340 e. The number of rotatable bonds is 2. The molecule has 0 bridgehead atoms. The SMILES string of the molecule is CCN1CC(=O)N(C)C1=S.CCN1CC(=S)N(C)C1=O. The minimum atomic E-state index is 0.0208. The van der Waals surface area contributed by atoms with Gasteiger partial charge in [-0.3, -0.25) is 14.6 Å². The van der Waals surface area contributed by atoms with Gasteiger partial charge >= 0.3 is 6.03 Å². The number of thiocarbonyl (C=S) groups is 2. The second-order valence-electron chi connectivity index (χ2n) is 4.50. The van der Waals surface area contributed by atoms with Crippen molar-refractivity contribution in [1.29, 1.82) is 0 Å². The second kappa shape index (κ2) is 6.94. The highest BCUT2D eigenvalue weighted by molar-refractivity contribution is 7.80. The van der Waals surface area contributed by atoms with Crippen LogP contribution in [0.4, 0.5) is 4.79 Å². The molecular formula is C12H20N4O2S2. The van der Waals surface area contributed by atoms with Gasteiger partial charge in [-0.25, -0.2) is 4.79 Å². The molecule has 2 fully saturated rings. The molecule has 0 N–H and O–H groups in total. The molecule has 2 saturated heterocycles. The Morgan fingerprint density at radius 2 is 1.50 bits per heavy atom. The standard InChI is InChI=1S/2C6H10N2OS/c1-3-8-4-5(10)7(2)6(8)9;1-3-8-4-5(9)7(2)6(8)10/h2*3-4H2,1-2H3. The van der Waals surface area contributed by atoms with E-state index in [0.29, 0.717) is 23.2 Å². The molecule has 0 radical (unpaired) electrons. The lowest BCUT2D eigenvalue weighted by molar-refractivity contribution is -0.124. The zero-order valence-electron chi connectivity index (χ0n) is 12.3. The van der Waals surface area contributed by atoms with E-state index in [0.717, 1.165) is 13.1 Å². The van der Waals surface area contributed by atoms with Crippen LogP contribution >= 0.6 is 24.4 Å². The highest BCUT2D eigenvalue weighted by Crippen LogP contribution is 2.07. The molecule has 2 rings (SSSR count). The predicted octanol–water partition coefficient (Wildman–Crippen LogP) is 0.766. The van der Waals surface area contributed by atoms with Crippen LogP contribution in [0.2, 0.25) is 0 Å². The number of likely N-dealkylation sites (N-methyl/N-ethyl adjacent to an activating group) is 4. The van der Waals surface area contributed by atoms with E-state index in [1.807, 2.05) is 18.7 Å². The number of nitrogens with zero attached hydrogens (tertiary/aromatic N) is 4. The normalized spacial score (nSPS) is 19.0. The summed E-state index contributed by atoms with van der Waals surface area (Å²) < 4.78 is 0. The summed E-state index contributed by atoms with van der Waals surface area (Å²) in [6.07, 6.45) is 0. The Hall–Kier alpha value is -1.28. The van der Waals surface area contributed by atoms with Crippen molar-refractivity contribution in [2.75, 3.05) is 40.3 Å². The van der Waals surface area contributed by atoms with Gasteiger partial charge in [-0.05, 0) is 26.1 Å². The maximum atomic E-state index is 11.1. The van der Waals surface area contributed by atoms with Gasteiger partial charge in [0.25, 0.3) is 0 Å². The van der Waals surface area contributed by atoms with Gasteiger partial charge in [0, 0.05) is 27.2 Å². The summed E-state index contributed by atoms with van der Waals surface area (Å²) >= 11 is 9.90. The van der Waals surface area contributed by atoms with Crippen LogP contribution < -0.4 is 0 Å². The highest BCUT2D eigenvalue weighted by Gasteiger charge is 2.28. The van der Waals surface area contributed by atoms with Crippen LogP contribution in [0, 0.1) is 0 Å². The Balaban J connectivity index is 0.000000200. The van der Waals surface area contributed by atoms with Gasteiger partial charge in [-0.15, -0.1) is 0 Å². The topological polar surface area (TPSA) is 47.1 Å². The maximum Gasteiger partial charge on any atom is 0.325 e. The zero-order chi connectivity index (χ0) is 15.4. The average molecular weight is 316 g/mol. The average Bonchev–Trinajstić information content (AvgIpc) is 2.84. The first-order valence-electron chi connectivity index (χ1n) is 6.44. The van der Waals surface area contributed by atoms with E-state index >= 15 is 0 Å². The number of amides is 3. The van der Waals surface area contributed by atoms with Gasteiger partial charge in [0.15, 0.2) is 5.11 Å². The molecule has 112 valence electrons. The maximum absolute atomic E-state index is 11.1. The third kappa shape index (κ3) is 3.43. The Morgan fingerprint density at radius 3 is 1.70 bits per heavy atom. The zero-order valence-corrected chi connectivity index (χ0v) is 13.9. The van der Waals surface area contributed by atoms with E-state index in [1.54, 1.807) is 19.0 Å². The predicted molar refractivity (Wildman–Crippen MR) is 85.6 cm³/mol. The quantitative estimate of drug-likeness (QED) is 0.704. The first kappa shape index (κ1) is 16.8. The van der Waals surface area contributed by atoms with Gasteiger partial charge in [-0.1, -0.05) is 12.2 Å². The van der Waals surface area contributed by atoms with E-state index in [4.69, 9.17) is 24.4 Å². The van der Waals surface area contributed by atoms with Crippen molar-refractivity contribution in [3.63, 3.8) is 0 Å². The molecule has 2 heterocycles. The molecular weight excluding hydrogens is 296 g/mol. The smallest absolute Gasteiger partial charge is 0.325 e. The van der Waals surface area contributed by atoms with Crippen molar-refractivity contribution in [2.24, 2.45) is 0 Å². The Morgan fingerprint density at radius 1 is 0.950 bits per heavy atom. The molecule has 8 heteroatoms. The first-order valence-corrected chi connectivity index (χ1v) is 7.26. The number of urea groups is 1.